The summed E-state index contributed by atoms with van der Waals surface area (Å²) >= 11 is 0. The van der Waals surface area contributed by atoms with Crippen LogP contribution in [0.25, 0.3) is 0 Å². The fourth-order valence-corrected chi connectivity index (χ4v) is 6.15. The van der Waals surface area contributed by atoms with Crippen molar-refractivity contribution in [3.63, 3.8) is 0 Å². The molecule has 0 unspecified atom stereocenters. The second kappa shape index (κ2) is 10.3. The molecule has 5 atom stereocenters. The van der Waals surface area contributed by atoms with E-state index in [1.807, 2.05) is 6.92 Å². The lowest BCUT2D eigenvalue weighted by Crippen LogP contribution is -2.61. The second-order valence-electron chi connectivity index (χ2n) is 13.3. The van der Waals surface area contributed by atoms with E-state index in [1.165, 1.54) is 0 Å². The number of aromatic nitrogens is 2. The Balaban J connectivity index is 1.16. The van der Waals surface area contributed by atoms with Crippen molar-refractivity contribution in [2.24, 2.45) is 5.41 Å². The van der Waals surface area contributed by atoms with E-state index in [0.29, 0.717) is 56.9 Å². The predicted octanol–water partition coefficient (Wildman–Crippen LogP) is 4.65. The average molecular weight is 542 g/mol. The zero-order valence-corrected chi connectivity index (χ0v) is 23.0. The molecular weight excluding hydrogens is 499 g/mol. The number of carbonyl (C=O) groups is 1. The number of halogens is 3. The van der Waals surface area contributed by atoms with Crippen LogP contribution < -0.4 is 5.32 Å². The van der Waals surface area contributed by atoms with Gasteiger partial charge >= 0.3 is 6.03 Å². The van der Waals surface area contributed by atoms with Gasteiger partial charge in [0.1, 0.15) is 12.2 Å². The van der Waals surface area contributed by atoms with Crippen LogP contribution in [-0.2, 0) is 10.2 Å². The maximum Gasteiger partial charge on any atom is 0.317 e. The number of carbonyl (C=O) groups excluding carboxylic acids is 1. The van der Waals surface area contributed by atoms with E-state index in [2.05, 4.69) is 41.1 Å². The minimum absolute atomic E-state index is 0.102. The molecule has 2 saturated heterocycles. The lowest BCUT2D eigenvalue weighted by molar-refractivity contribution is -0.138. The molecule has 0 spiro atoms. The minimum Gasteiger partial charge on any atom is -0.371 e. The van der Waals surface area contributed by atoms with E-state index in [0.717, 1.165) is 26.1 Å². The van der Waals surface area contributed by atoms with Crippen LogP contribution in [0.1, 0.15) is 90.3 Å². The highest BCUT2D eigenvalue weighted by molar-refractivity contribution is 5.75. The molecule has 4 fully saturated rings. The van der Waals surface area contributed by atoms with E-state index < -0.39 is 35.7 Å². The van der Waals surface area contributed by atoms with Crippen LogP contribution >= 0.6 is 0 Å². The Morgan fingerprint density at radius 1 is 1.18 bits per heavy atom. The van der Waals surface area contributed by atoms with Crippen LogP contribution in [-0.4, -0.2) is 89.0 Å². The van der Waals surface area contributed by atoms with Crippen molar-refractivity contribution in [2.75, 3.05) is 32.7 Å². The van der Waals surface area contributed by atoms with Gasteiger partial charge in [0, 0.05) is 44.6 Å². The van der Waals surface area contributed by atoms with Gasteiger partial charge in [-0.15, -0.1) is 0 Å². The van der Waals surface area contributed by atoms with Crippen LogP contribution in [0.4, 0.5) is 18.0 Å². The molecule has 1 N–H and O–H groups in total. The van der Waals surface area contributed by atoms with Gasteiger partial charge in [-0.25, -0.2) is 18.0 Å². The lowest BCUT2D eigenvalue weighted by Gasteiger charge is -2.42. The number of amides is 2. The molecule has 2 aliphatic heterocycles. The van der Waals surface area contributed by atoms with Gasteiger partial charge in [0.05, 0.1) is 18.1 Å². The highest BCUT2D eigenvalue weighted by Crippen LogP contribution is 2.44. The number of rotatable bonds is 6. The van der Waals surface area contributed by atoms with Crippen molar-refractivity contribution < 1.29 is 27.2 Å². The van der Waals surface area contributed by atoms with E-state index in [-0.39, 0.29) is 23.9 Å². The highest BCUT2D eigenvalue weighted by atomic mass is 19.3. The monoisotopic (exact) mass is 541 g/mol. The Morgan fingerprint density at radius 3 is 2.55 bits per heavy atom. The van der Waals surface area contributed by atoms with Gasteiger partial charge in [-0.1, -0.05) is 32.9 Å². The van der Waals surface area contributed by atoms with Gasteiger partial charge in [-0.3, -0.25) is 0 Å². The molecule has 2 amide bonds. The molecule has 5 rings (SSSR count). The molecule has 2 saturated carbocycles. The maximum atomic E-state index is 15.1. The van der Waals surface area contributed by atoms with E-state index in [1.54, 1.807) is 4.90 Å². The summed E-state index contributed by atoms with van der Waals surface area (Å²) in [7, 11) is 0. The Kier molecular flexibility index (Phi) is 7.47. The van der Waals surface area contributed by atoms with Crippen molar-refractivity contribution in [1.29, 1.82) is 0 Å². The van der Waals surface area contributed by atoms with Crippen LogP contribution in [0.15, 0.2) is 4.52 Å². The summed E-state index contributed by atoms with van der Waals surface area (Å²) in [4.78, 5) is 21.5. The number of hydrogen-bond donors (Lipinski definition) is 1. The van der Waals surface area contributed by atoms with Gasteiger partial charge in [-0.05, 0) is 43.9 Å². The Hall–Kier alpha value is -1.88. The third-order valence-corrected chi connectivity index (χ3v) is 8.56. The first kappa shape index (κ1) is 27.7. The third-order valence-electron chi connectivity index (χ3n) is 8.56. The molecule has 2 aliphatic carbocycles. The molecule has 38 heavy (non-hydrogen) atoms. The van der Waals surface area contributed by atoms with E-state index in [4.69, 9.17) is 9.26 Å². The number of piperidine rings is 1. The first-order valence-corrected chi connectivity index (χ1v) is 14.1. The number of urea groups is 1. The zero-order chi connectivity index (χ0) is 27.3. The molecule has 3 heterocycles. The van der Waals surface area contributed by atoms with Gasteiger partial charge in [0.25, 0.3) is 5.92 Å². The van der Waals surface area contributed by atoms with Crippen molar-refractivity contribution >= 4 is 6.03 Å². The quantitative estimate of drug-likeness (QED) is 0.565. The Bertz CT molecular complexity index is 991. The molecule has 214 valence electrons. The summed E-state index contributed by atoms with van der Waals surface area (Å²) in [5.74, 6) is -2.46. The number of alkyl halides is 3. The summed E-state index contributed by atoms with van der Waals surface area (Å²) in [5, 5.41) is 6.74. The Labute approximate surface area is 223 Å². The van der Waals surface area contributed by atoms with Crippen LogP contribution in [0.2, 0.25) is 0 Å². The number of hydrogen-bond acceptors (Lipinski definition) is 6. The van der Waals surface area contributed by atoms with E-state index in [9.17, 15) is 9.18 Å². The number of nitrogens with zero attached hydrogens (tertiary/aromatic N) is 4. The summed E-state index contributed by atoms with van der Waals surface area (Å²) in [6.07, 6.45) is 1.27. The summed E-state index contributed by atoms with van der Waals surface area (Å²) in [6.45, 7) is 11.9. The van der Waals surface area contributed by atoms with Crippen LogP contribution in [0, 0.1) is 5.41 Å². The van der Waals surface area contributed by atoms with Gasteiger partial charge in [0.2, 0.25) is 5.89 Å². The minimum atomic E-state index is -3.02. The number of nitrogens with one attached hydrogen (secondary N) is 1. The van der Waals surface area contributed by atoms with Crippen molar-refractivity contribution in [1.82, 2.24) is 25.3 Å². The van der Waals surface area contributed by atoms with Gasteiger partial charge < -0.3 is 24.4 Å². The van der Waals surface area contributed by atoms with Crippen LogP contribution in [0.5, 0.6) is 0 Å². The van der Waals surface area contributed by atoms with Crippen LogP contribution in [0.3, 0.4) is 0 Å². The third kappa shape index (κ3) is 6.13. The van der Waals surface area contributed by atoms with Crippen molar-refractivity contribution in [3.05, 3.63) is 11.7 Å². The van der Waals surface area contributed by atoms with Crippen molar-refractivity contribution in [3.8, 4) is 0 Å². The molecule has 4 aliphatic rings. The molecule has 1 aromatic heterocycles. The van der Waals surface area contributed by atoms with Gasteiger partial charge in [0.15, 0.2) is 5.82 Å². The standard InChI is InChI=1S/C27H42F3N5O3/c1-25(2,3)16-34-11-7-17(15-34)37-20-6-5-8-27(29,30)21(20)31-24(36)35-12-9-26(4,10-13-35)23-32-22(38-33-23)18-14-19(18)28/h17-21H,5-16H2,1-4H3,(H,31,36)/t17-,18+,19-,20-,21+/m0/s1. The SMILES string of the molecule is CC(C)(C)CN1CC[C@H](O[C@H]2CCCC(F)(F)[C@@H]2NC(=O)N2CCC(C)(c3noc([C@@H]4C[C@@H]4F)n3)CC2)C1. The molecule has 11 heteroatoms. The average Bonchev–Trinajstić information content (AvgIpc) is 3.20. The molecular formula is C27H42F3N5O3. The lowest BCUT2D eigenvalue weighted by atomic mass is 9.79. The Morgan fingerprint density at radius 2 is 1.89 bits per heavy atom. The smallest absolute Gasteiger partial charge is 0.317 e. The van der Waals surface area contributed by atoms with Gasteiger partial charge in [-0.2, -0.15) is 4.98 Å². The molecule has 0 radical (unpaired) electrons. The van der Waals surface area contributed by atoms with Crippen molar-refractivity contribution in [2.45, 2.75) is 114 Å². The molecule has 0 bridgehead atoms. The summed E-state index contributed by atoms with van der Waals surface area (Å²) in [6, 6.07) is -1.83. The molecule has 8 nitrogen and oxygen atoms in total. The summed E-state index contributed by atoms with van der Waals surface area (Å²) in [5.41, 5.74) is -0.254. The fourth-order valence-electron chi connectivity index (χ4n) is 6.15. The van der Waals surface area contributed by atoms with E-state index >= 15 is 8.78 Å². The highest BCUT2D eigenvalue weighted by Gasteiger charge is 2.50. The molecule has 0 aromatic carbocycles. The second-order valence-corrected chi connectivity index (χ2v) is 13.3. The number of ether oxygens (including phenoxy) is 1. The first-order chi connectivity index (χ1) is 17.8. The summed E-state index contributed by atoms with van der Waals surface area (Å²) < 4.78 is 55.1. The maximum absolute atomic E-state index is 15.1. The predicted molar refractivity (Wildman–Crippen MR) is 135 cm³/mol. The molecule has 1 aromatic rings. The fraction of sp³-hybridized carbons (Fsp3) is 0.889. The largest absolute Gasteiger partial charge is 0.371 e. The zero-order valence-electron chi connectivity index (χ0n) is 23.0. The normalized spacial score (nSPS) is 33.3. The number of likely N-dealkylation sites (tertiary alicyclic amines) is 2. The topological polar surface area (TPSA) is 83.7 Å². The first-order valence-electron chi connectivity index (χ1n) is 14.1.